The van der Waals surface area contributed by atoms with Crippen molar-refractivity contribution in [3.05, 3.63) is 28.2 Å². The van der Waals surface area contributed by atoms with Crippen molar-refractivity contribution in [3.63, 3.8) is 0 Å². The van der Waals surface area contributed by atoms with Crippen molar-refractivity contribution < 1.29 is 0 Å². The summed E-state index contributed by atoms with van der Waals surface area (Å²) in [4.78, 5) is 5.65. The first-order chi connectivity index (χ1) is 7.19. The van der Waals surface area contributed by atoms with Gasteiger partial charge >= 0.3 is 0 Å². The molecule has 0 radical (unpaired) electrons. The van der Waals surface area contributed by atoms with Crippen LogP contribution in [-0.4, -0.2) is 11.5 Å². The molecular formula is C12H20N2S. The third-order valence-corrected chi connectivity index (χ3v) is 3.59. The molecule has 0 saturated carbocycles. The first-order valence-electron chi connectivity index (χ1n) is 5.49. The molecule has 1 rings (SSSR count). The van der Waals surface area contributed by atoms with Crippen LogP contribution in [0.3, 0.4) is 0 Å². The van der Waals surface area contributed by atoms with E-state index in [1.54, 1.807) is 11.3 Å². The van der Waals surface area contributed by atoms with E-state index in [4.69, 9.17) is 0 Å². The Morgan fingerprint density at radius 2 is 2.33 bits per heavy atom. The fraction of sp³-hybridized carbons (Fsp3) is 0.583. The summed E-state index contributed by atoms with van der Waals surface area (Å²) in [5.41, 5.74) is 4.37. The van der Waals surface area contributed by atoms with Gasteiger partial charge in [0.15, 0.2) is 0 Å². The van der Waals surface area contributed by atoms with E-state index in [1.807, 2.05) is 5.51 Å². The molecule has 0 saturated heterocycles. The minimum Gasteiger partial charge on any atom is -0.309 e. The second kappa shape index (κ2) is 6.03. The van der Waals surface area contributed by atoms with Crippen molar-refractivity contribution in [2.24, 2.45) is 0 Å². The molecule has 0 aromatic carbocycles. The summed E-state index contributed by atoms with van der Waals surface area (Å²) >= 11 is 1.74. The van der Waals surface area contributed by atoms with Gasteiger partial charge in [0.05, 0.1) is 11.2 Å². The van der Waals surface area contributed by atoms with Crippen LogP contribution in [-0.2, 0) is 0 Å². The van der Waals surface area contributed by atoms with Gasteiger partial charge in [-0.3, -0.25) is 0 Å². The smallest absolute Gasteiger partial charge is 0.0798 e. The minimum atomic E-state index is 0.398. The molecule has 1 unspecified atom stereocenters. The van der Waals surface area contributed by atoms with Crippen LogP contribution < -0.4 is 5.32 Å². The highest BCUT2D eigenvalue weighted by Gasteiger charge is 2.15. The lowest BCUT2D eigenvalue weighted by Crippen LogP contribution is -2.21. The standard InChI is InChI=1S/C12H20N2S/c1-5-9(3)7-11(13-6-2)12-10(4)14-8-15-12/h8,11,13H,3,5-7H2,1-2,4H3. The molecule has 3 heteroatoms. The summed E-state index contributed by atoms with van der Waals surface area (Å²) in [6.07, 6.45) is 2.08. The van der Waals surface area contributed by atoms with Gasteiger partial charge in [-0.05, 0) is 26.3 Å². The lowest BCUT2D eigenvalue weighted by molar-refractivity contribution is 0.548. The Balaban J connectivity index is 2.74. The monoisotopic (exact) mass is 224 g/mol. The number of aryl methyl sites for hydroxylation is 1. The maximum atomic E-state index is 4.30. The zero-order valence-corrected chi connectivity index (χ0v) is 10.7. The van der Waals surface area contributed by atoms with E-state index in [9.17, 15) is 0 Å². The Labute approximate surface area is 96.4 Å². The van der Waals surface area contributed by atoms with Crippen LogP contribution in [0.5, 0.6) is 0 Å². The van der Waals surface area contributed by atoms with E-state index in [0.29, 0.717) is 6.04 Å². The van der Waals surface area contributed by atoms with Gasteiger partial charge in [-0.15, -0.1) is 11.3 Å². The van der Waals surface area contributed by atoms with Gasteiger partial charge in [0.2, 0.25) is 0 Å². The predicted octanol–water partition coefficient (Wildman–Crippen LogP) is 3.46. The normalized spacial score (nSPS) is 12.7. The van der Waals surface area contributed by atoms with E-state index < -0.39 is 0 Å². The number of rotatable bonds is 6. The van der Waals surface area contributed by atoms with E-state index in [1.165, 1.54) is 10.5 Å². The second-order valence-electron chi connectivity index (χ2n) is 3.72. The number of hydrogen-bond donors (Lipinski definition) is 1. The maximum Gasteiger partial charge on any atom is 0.0798 e. The third kappa shape index (κ3) is 3.43. The van der Waals surface area contributed by atoms with E-state index >= 15 is 0 Å². The van der Waals surface area contributed by atoms with Gasteiger partial charge < -0.3 is 5.32 Å². The Kier molecular flexibility index (Phi) is 4.99. The molecule has 0 aliphatic rings. The zero-order chi connectivity index (χ0) is 11.3. The van der Waals surface area contributed by atoms with Crippen molar-refractivity contribution in [2.75, 3.05) is 6.54 Å². The molecule has 0 aliphatic heterocycles. The van der Waals surface area contributed by atoms with Crippen LogP contribution >= 0.6 is 11.3 Å². The highest BCUT2D eigenvalue weighted by atomic mass is 32.1. The number of aromatic nitrogens is 1. The van der Waals surface area contributed by atoms with Crippen molar-refractivity contribution in [1.29, 1.82) is 0 Å². The first kappa shape index (κ1) is 12.4. The van der Waals surface area contributed by atoms with Gasteiger partial charge in [0.25, 0.3) is 0 Å². The topological polar surface area (TPSA) is 24.9 Å². The molecule has 0 spiro atoms. The average molecular weight is 224 g/mol. The van der Waals surface area contributed by atoms with E-state index in [2.05, 4.69) is 37.7 Å². The predicted molar refractivity (Wildman–Crippen MR) is 67.3 cm³/mol. The van der Waals surface area contributed by atoms with Crippen molar-refractivity contribution >= 4 is 11.3 Å². The lowest BCUT2D eigenvalue weighted by atomic mass is 10.0. The Morgan fingerprint density at radius 3 is 2.80 bits per heavy atom. The summed E-state index contributed by atoms with van der Waals surface area (Å²) in [7, 11) is 0. The van der Waals surface area contributed by atoms with Crippen molar-refractivity contribution in [3.8, 4) is 0 Å². The van der Waals surface area contributed by atoms with Gasteiger partial charge in [-0.25, -0.2) is 4.98 Å². The fourth-order valence-electron chi connectivity index (χ4n) is 1.58. The van der Waals surface area contributed by atoms with Gasteiger partial charge in [-0.1, -0.05) is 26.0 Å². The summed E-state index contributed by atoms with van der Waals surface area (Å²) < 4.78 is 0. The average Bonchev–Trinajstić information content (AvgIpc) is 2.63. The molecule has 1 atom stereocenters. The van der Waals surface area contributed by atoms with Crippen LogP contribution in [0.4, 0.5) is 0 Å². The van der Waals surface area contributed by atoms with Crippen molar-refractivity contribution in [2.45, 2.75) is 39.7 Å². The molecule has 15 heavy (non-hydrogen) atoms. The number of nitrogens with one attached hydrogen (secondary N) is 1. The fourth-order valence-corrected chi connectivity index (χ4v) is 2.46. The SMILES string of the molecule is C=C(CC)CC(NCC)c1scnc1C. The number of thiazole rings is 1. The highest BCUT2D eigenvalue weighted by molar-refractivity contribution is 7.09. The first-order valence-corrected chi connectivity index (χ1v) is 6.37. The molecule has 0 bridgehead atoms. The second-order valence-corrected chi connectivity index (χ2v) is 4.61. The van der Waals surface area contributed by atoms with E-state index in [-0.39, 0.29) is 0 Å². The molecule has 1 aromatic heterocycles. The van der Waals surface area contributed by atoms with Crippen LogP contribution in [0.2, 0.25) is 0 Å². The summed E-state index contributed by atoms with van der Waals surface area (Å²) in [5.74, 6) is 0. The van der Waals surface area contributed by atoms with Crippen LogP contribution in [0.15, 0.2) is 17.7 Å². The van der Waals surface area contributed by atoms with Gasteiger partial charge in [-0.2, -0.15) is 0 Å². The zero-order valence-electron chi connectivity index (χ0n) is 9.84. The number of nitrogens with zero attached hydrogens (tertiary/aromatic N) is 1. The van der Waals surface area contributed by atoms with Crippen molar-refractivity contribution in [1.82, 2.24) is 10.3 Å². The minimum absolute atomic E-state index is 0.398. The summed E-state index contributed by atoms with van der Waals surface area (Å²) in [5, 5.41) is 3.50. The molecule has 0 amide bonds. The quantitative estimate of drug-likeness (QED) is 0.749. The Morgan fingerprint density at radius 1 is 1.60 bits per heavy atom. The van der Waals surface area contributed by atoms with Gasteiger partial charge in [0, 0.05) is 10.9 Å². The van der Waals surface area contributed by atoms with Crippen LogP contribution in [0, 0.1) is 6.92 Å². The Bertz CT molecular complexity index is 317. The molecule has 0 fully saturated rings. The molecule has 1 aromatic rings. The summed E-state index contributed by atoms with van der Waals surface area (Å²) in [6, 6.07) is 0.398. The highest BCUT2D eigenvalue weighted by Crippen LogP contribution is 2.27. The lowest BCUT2D eigenvalue weighted by Gasteiger charge is -2.17. The molecule has 0 aliphatic carbocycles. The van der Waals surface area contributed by atoms with Crippen LogP contribution in [0.25, 0.3) is 0 Å². The molecular weight excluding hydrogens is 204 g/mol. The van der Waals surface area contributed by atoms with Crippen LogP contribution in [0.1, 0.15) is 43.3 Å². The maximum absolute atomic E-state index is 4.30. The molecule has 1 heterocycles. The molecule has 2 nitrogen and oxygen atoms in total. The largest absolute Gasteiger partial charge is 0.309 e. The third-order valence-electron chi connectivity index (χ3n) is 2.54. The molecule has 84 valence electrons. The number of hydrogen-bond acceptors (Lipinski definition) is 3. The Hall–Kier alpha value is -0.670. The van der Waals surface area contributed by atoms with E-state index in [0.717, 1.165) is 25.1 Å². The van der Waals surface area contributed by atoms with Gasteiger partial charge in [0.1, 0.15) is 0 Å². The molecule has 1 N–H and O–H groups in total. The summed E-state index contributed by atoms with van der Waals surface area (Å²) in [6.45, 7) is 11.4.